The first-order valence-corrected chi connectivity index (χ1v) is 3.97. The smallest absolute Gasteiger partial charge is 0.220 e. The van der Waals surface area contributed by atoms with E-state index in [1.807, 2.05) is 6.92 Å². The van der Waals surface area contributed by atoms with Crippen LogP contribution in [0.5, 0.6) is 0 Å². The Kier molecular flexibility index (Phi) is 13.9. The fourth-order valence-electron chi connectivity index (χ4n) is 0.547. The lowest BCUT2D eigenvalue weighted by Crippen LogP contribution is -2.22. The zero-order valence-electron chi connectivity index (χ0n) is 7.94. The van der Waals surface area contributed by atoms with Crippen LogP contribution in [-0.4, -0.2) is 12.5 Å². The number of hydrogen-bond acceptors (Lipinski definition) is 1. The van der Waals surface area contributed by atoms with Crippen LogP contribution < -0.4 is 5.32 Å². The van der Waals surface area contributed by atoms with Gasteiger partial charge < -0.3 is 5.32 Å². The monoisotopic (exact) mass is 167 g/mol. The Labute approximate surface area is 75.1 Å². The van der Waals surface area contributed by atoms with Gasteiger partial charge in [0.25, 0.3) is 0 Å². The molecule has 0 aromatic heterocycles. The van der Waals surface area contributed by atoms with Gasteiger partial charge in [0.15, 0.2) is 0 Å². The minimum atomic E-state index is 0.0882. The first kappa shape index (κ1) is 13.4. The van der Waals surface area contributed by atoms with E-state index in [9.17, 15) is 4.79 Å². The normalized spacial score (nSPS) is 6.83. The predicted octanol–water partition coefficient (Wildman–Crippen LogP) is 1.73. The highest BCUT2D eigenvalue weighted by atomic mass is 16.1. The summed E-state index contributed by atoms with van der Waals surface area (Å²) in [5, 5.41) is 2.67. The van der Waals surface area contributed by atoms with Crippen molar-refractivity contribution < 1.29 is 4.79 Å². The lowest BCUT2D eigenvalue weighted by atomic mass is 10.3. The van der Waals surface area contributed by atoms with Crippen molar-refractivity contribution in [3.05, 3.63) is 13.2 Å². The van der Waals surface area contributed by atoms with E-state index in [1.54, 1.807) is 6.92 Å². The van der Waals surface area contributed by atoms with E-state index >= 15 is 0 Å². The van der Waals surface area contributed by atoms with E-state index in [1.165, 1.54) is 0 Å². The molecule has 0 aliphatic rings. The Morgan fingerprint density at radius 2 is 2.08 bits per heavy atom. The predicted molar refractivity (Wildman–Crippen MR) is 52.6 cm³/mol. The molecule has 0 radical (unpaired) electrons. The molecule has 0 aromatic rings. The third-order valence-electron chi connectivity index (χ3n) is 1.03. The van der Waals surface area contributed by atoms with Gasteiger partial charge in [-0.25, -0.2) is 0 Å². The molecule has 68 valence electrons. The van der Waals surface area contributed by atoms with Gasteiger partial charge in [0.2, 0.25) is 5.91 Å². The number of carbonyl (C=O) groups excluding carboxylic acids is 1. The van der Waals surface area contributed by atoms with Gasteiger partial charge in [-0.1, -0.05) is 12.8 Å². The second-order valence-electron chi connectivity index (χ2n) is 1.95. The molecule has 0 saturated carbocycles. The van der Waals surface area contributed by atoms with Gasteiger partial charge in [-0.3, -0.25) is 4.79 Å². The summed E-state index contributed by atoms with van der Waals surface area (Å²) in [5.41, 5.74) is 0. The molecule has 1 amide bonds. The van der Waals surface area contributed by atoms with Crippen LogP contribution >= 0.6 is 0 Å². The lowest BCUT2D eigenvalue weighted by molar-refractivity contribution is -0.120. The van der Waals surface area contributed by atoms with Gasteiger partial charge in [0.1, 0.15) is 0 Å². The summed E-state index contributed by atoms with van der Waals surface area (Å²) >= 11 is 0. The summed E-state index contributed by atoms with van der Waals surface area (Å²) in [6.45, 7) is 10.2. The van der Waals surface area contributed by atoms with Crippen molar-refractivity contribution >= 4 is 5.91 Å². The van der Waals surface area contributed by atoms with E-state index in [4.69, 9.17) is 0 Å². The fraction of sp³-hybridized carbons (Fsp3) is 0.500. The maximum atomic E-state index is 10.7. The largest absolute Gasteiger partial charge is 0.345 e. The zero-order valence-corrected chi connectivity index (χ0v) is 7.94. The highest BCUT2D eigenvalue weighted by Gasteiger charge is 1.93. The van der Waals surface area contributed by atoms with Crippen LogP contribution in [0.2, 0.25) is 0 Å². The third-order valence-corrected chi connectivity index (χ3v) is 1.03. The van der Waals surface area contributed by atoms with Gasteiger partial charge in [-0.2, -0.15) is 0 Å². The Balaban J connectivity index is 0. The van der Waals surface area contributed by atoms with E-state index in [0.717, 1.165) is 6.42 Å². The summed E-state index contributed by atoms with van der Waals surface area (Å²) in [7, 11) is 0. The van der Waals surface area contributed by atoms with E-state index < -0.39 is 0 Å². The van der Waals surface area contributed by atoms with E-state index in [-0.39, 0.29) is 5.91 Å². The maximum Gasteiger partial charge on any atom is 0.220 e. The molecule has 2 heteroatoms. The number of amides is 1. The minimum Gasteiger partial charge on any atom is -0.345 e. The molecule has 1 N–H and O–H groups in total. The van der Waals surface area contributed by atoms with Crippen molar-refractivity contribution in [1.29, 1.82) is 0 Å². The number of carbonyl (C=O) groups is 1. The van der Waals surface area contributed by atoms with Crippen molar-refractivity contribution in [3.63, 3.8) is 0 Å². The van der Waals surface area contributed by atoms with Crippen LogP contribution in [0.4, 0.5) is 0 Å². The van der Waals surface area contributed by atoms with Crippen molar-refractivity contribution in [2.75, 3.05) is 6.54 Å². The summed E-state index contributed by atoms with van der Waals surface area (Å²) in [4.78, 5) is 10.7. The molecule has 0 unspecified atom stereocenters. The number of hydrogen-bond donors (Lipinski definition) is 1. The van der Waals surface area contributed by atoms with Crippen LogP contribution in [-0.2, 0) is 4.79 Å². The Bertz CT molecular complexity index is 164. The number of nitrogens with one attached hydrogen (secondary N) is 1. The Morgan fingerprint density at radius 1 is 1.50 bits per heavy atom. The zero-order chi connectivity index (χ0) is 9.82. The van der Waals surface area contributed by atoms with Crippen LogP contribution in [0.25, 0.3) is 0 Å². The van der Waals surface area contributed by atoms with E-state index in [2.05, 4.69) is 30.3 Å². The lowest BCUT2D eigenvalue weighted by Gasteiger charge is -1.96. The van der Waals surface area contributed by atoms with Gasteiger partial charge in [0, 0.05) is 6.42 Å². The molecular formula is C10H17NO. The first-order valence-electron chi connectivity index (χ1n) is 3.97. The molecule has 2 nitrogen and oxygen atoms in total. The van der Waals surface area contributed by atoms with Gasteiger partial charge in [0.05, 0.1) is 6.54 Å². The number of rotatable bonds is 3. The molecule has 12 heavy (non-hydrogen) atoms. The molecule has 0 bridgehead atoms. The average molecular weight is 167 g/mol. The summed E-state index contributed by atoms with van der Waals surface area (Å²) in [6.07, 6.45) is 1.50. The average Bonchev–Trinajstić information content (AvgIpc) is 2.09. The molecule has 0 aromatic carbocycles. The van der Waals surface area contributed by atoms with Crippen molar-refractivity contribution in [3.8, 4) is 11.8 Å². The van der Waals surface area contributed by atoms with Crippen LogP contribution in [0.15, 0.2) is 13.2 Å². The van der Waals surface area contributed by atoms with Crippen molar-refractivity contribution in [2.24, 2.45) is 0 Å². The van der Waals surface area contributed by atoms with Gasteiger partial charge in [-0.15, -0.1) is 19.1 Å². The Morgan fingerprint density at radius 3 is 2.50 bits per heavy atom. The molecule has 0 aliphatic heterocycles. The molecular weight excluding hydrogens is 150 g/mol. The standard InChI is InChI=1S/C8H13NO.C2H4/c1-3-5-7-9-8(10)6-4-2;1-2/h4,6-7H2,1-2H3,(H,9,10);1-2H2. The van der Waals surface area contributed by atoms with Crippen LogP contribution in [0.1, 0.15) is 26.7 Å². The van der Waals surface area contributed by atoms with Crippen LogP contribution in [0, 0.1) is 11.8 Å². The molecule has 0 atom stereocenters. The summed E-state index contributed by atoms with van der Waals surface area (Å²) < 4.78 is 0. The quantitative estimate of drug-likeness (QED) is 0.503. The highest BCUT2D eigenvalue weighted by molar-refractivity contribution is 5.75. The second-order valence-corrected chi connectivity index (χ2v) is 1.95. The van der Waals surface area contributed by atoms with Crippen molar-refractivity contribution in [1.82, 2.24) is 5.32 Å². The third kappa shape index (κ3) is 11.6. The Hall–Kier alpha value is -1.23. The highest BCUT2D eigenvalue weighted by Crippen LogP contribution is 1.83. The molecule has 0 spiro atoms. The van der Waals surface area contributed by atoms with Gasteiger partial charge in [-0.05, 0) is 13.3 Å². The molecule has 0 aliphatic carbocycles. The molecule has 0 heterocycles. The summed E-state index contributed by atoms with van der Waals surface area (Å²) in [5.74, 6) is 5.54. The summed E-state index contributed by atoms with van der Waals surface area (Å²) in [6, 6.07) is 0. The van der Waals surface area contributed by atoms with Gasteiger partial charge >= 0.3 is 0 Å². The maximum absolute atomic E-state index is 10.7. The van der Waals surface area contributed by atoms with E-state index in [0.29, 0.717) is 13.0 Å². The van der Waals surface area contributed by atoms with Crippen molar-refractivity contribution in [2.45, 2.75) is 26.7 Å². The minimum absolute atomic E-state index is 0.0882. The SMILES string of the molecule is C=C.CC#CCNC(=O)CCC. The first-order chi connectivity index (χ1) is 5.81. The van der Waals surface area contributed by atoms with Crippen LogP contribution in [0.3, 0.4) is 0 Å². The topological polar surface area (TPSA) is 29.1 Å². The molecule has 0 fully saturated rings. The molecule has 0 rings (SSSR count). The molecule has 0 saturated heterocycles. The second kappa shape index (κ2) is 12.4. The fourth-order valence-corrected chi connectivity index (χ4v) is 0.547.